The first-order valence-electron chi connectivity index (χ1n) is 13.7. The number of benzene rings is 2. The van der Waals surface area contributed by atoms with Crippen LogP contribution in [0.5, 0.6) is 0 Å². The van der Waals surface area contributed by atoms with Gasteiger partial charge in [0.05, 0.1) is 41.6 Å². The summed E-state index contributed by atoms with van der Waals surface area (Å²) in [6.45, 7) is 7.91. The van der Waals surface area contributed by atoms with E-state index in [1.807, 2.05) is 0 Å². The van der Waals surface area contributed by atoms with Gasteiger partial charge in [-0.1, -0.05) is 0 Å². The van der Waals surface area contributed by atoms with Gasteiger partial charge in [0.1, 0.15) is 22.9 Å². The number of carbonyl (C=O) groups excluding carboxylic acids is 1. The molecule has 5 aromatic rings. The Morgan fingerprint density at radius 2 is 1.72 bits per heavy atom. The second-order valence-electron chi connectivity index (χ2n) is 11.7. The Bertz CT molecular complexity index is 1960. The molecule has 0 saturated carbocycles. The third kappa shape index (κ3) is 4.68. The maximum absolute atomic E-state index is 15.7. The quantitative estimate of drug-likeness (QED) is 0.281. The first kappa shape index (κ1) is 28.3. The molecule has 0 unspecified atom stereocenters. The van der Waals surface area contributed by atoms with Crippen LogP contribution in [0.1, 0.15) is 49.3 Å². The standard InChI is InChI=1S/C30H30F3N7O3/c1-16-11-18(12-17(2)24(16)32)40-27(20-14-37(15-21(31)26(20)35-40)29(42)43-30(3,4)5)39-10-9-38(28(39)41)23-8-7-22-19(25(23)33)13-34-36(22)6/h7-13,21H,14-15H2,1-6H3/t21-/m0/s1. The van der Waals surface area contributed by atoms with Crippen LogP contribution in [-0.2, 0) is 18.3 Å². The van der Waals surface area contributed by atoms with Gasteiger partial charge in [0, 0.05) is 25.0 Å². The van der Waals surface area contributed by atoms with Crippen molar-refractivity contribution in [2.75, 3.05) is 6.54 Å². The van der Waals surface area contributed by atoms with Gasteiger partial charge in [-0.05, 0) is 70.0 Å². The summed E-state index contributed by atoms with van der Waals surface area (Å²) in [4.78, 5) is 28.1. The van der Waals surface area contributed by atoms with E-state index in [-0.39, 0.29) is 41.2 Å². The highest BCUT2D eigenvalue weighted by atomic mass is 19.1. The molecule has 0 radical (unpaired) electrons. The normalized spacial score (nSPS) is 15.3. The third-order valence-electron chi connectivity index (χ3n) is 7.44. The molecule has 6 rings (SSSR count). The molecule has 10 nitrogen and oxygen atoms in total. The average molecular weight is 594 g/mol. The second kappa shape index (κ2) is 9.89. The second-order valence-corrected chi connectivity index (χ2v) is 11.7. The van der Waals surface area contributed by atoms with E-state index in [1.54, 1.807) is 59.9 Å². The minimum Gasteiger partial charge on any atom is -0.444 e. The maximum Gasteiger partial charge on any atom is 0.410 e. The molecule has 0 aliphatic carbocycles. The van der Waals surface area contributed by atoms with Gasteiger partial charge >= 0.3 is 11.8 Å². The first-order valence-corrected chi connectivity index (χ1v) is 13.7. The van der Waals surface area contributed by atoms with Crippen molar-refractivity contribution in [1.82, 2.24) is 33.6 Å². The largest absolute Gasteiger partial charge is 0.444 e. The zero-order valence-corrected chi connectivity index (χ0v) is 24.5. The van der Waals surface area contributed by atoms with Crippen molar-refractivity contribution in [1.29, 1.82) is 0 Å². The molecule has 0 fully saturated rings. The molecule has 3 aromatic heterocycles. The summed E-state index contributed by atoms with van der Waals surface area (Å²) in [6.07, 6.45) is 1.79. The minimum atomic E-state index is -1.69. The molecule has 13 heteroatoms. The van der Waals surface area contributed by atoms with E-state index in [4.69, 9.17) is 4.74 Å². The molecule has 1 amide bonds. The molecular formula is C30H30F3N7O3. The van der Waals surface area contributed by atoms with Gasteiger partial charge in [0.2, 0.25) is 0 Å². The summed E-state index contributed by atoms with van der Waals surface area (Å²) in [5.41, 5.74) is 0.440. The number of imidazole rings is 1. The summed E-state index contributed by atoms with van der Waals surface area (Å²) in [6, 6.07) is 6.22. The molecule has 4 heterocycles. The van der Waals surface area contributed by atoms with Crippen LogP contribution in [0.3, 0.4) is 0 Å². The summed E-state index contributed by atoms with van der Waals surface area (Å²) in [5.74, 6) is -0.889. The van der Waals surface area contributed by atoms with Crippen LogP contribution in [-0.4, -0.2) is 51.8 Å². The molecule has 43 heavy (non-hydrogen) atoms. The van der Waals surface area contributed by atoms with Crippen molar-refractivity contribution < 1.29 is 22.7 Å². The molecule has 1 aliphatic rings. The fourth-order valence-corrected chi connectivity index (χ4v) is 5.43. The topological polar surface area (TPSA) is 92.1 Å². The SMILES string of the molecule is Cc1cc(-n2nc3c(c2-n2ccn(-c4ccc5c(cnn5C)c4F)c2=O)CN(C(=O)OC(C)(C)C)C[C@@H]3F)cc(C)c1F. The number of fused-ring (bicyclic) bond motifs is 2. The molecule has 0 bridgehead atoms. The third-order valence-corrected chi connectivity index (χ3v) is 7.44. The van der Waals surface area contributed by atoms with Gasteiger partial charge in [-0.3, -0.25) is 13.8 Å². The number of aryl methyl sites for hydroxylation is 3. The smallest absolute Gasteiger partial charge is 0.410 e. The van der Waals surface area contributed by atoms with E-state index in [0.29, 0.717) is 22.3 Å². The van der Waals surface area contributed by atoms with Crippen LogP contribution in [0.4, 0.5) is 18.0 Å². The number of ether oxygens (including phenoxy) is 1. The van der Waals surface area contributed by atoms with Crippen LogP contribution in [0.2, 0.25) is 0 Å². The van der Waals surface area contributed by atoms with Crippen molar-refractivity contribution in [2.24, 2.45) is 7.05 Å². The Balaban J connectivity index is 1.55. The number of halogens is 3. The predicted octanol–water partition coefficient (Wildman–Crippen LogP) is 5.36. The minimum absolute atomic E-state index is 0.00333. The van der Waals surface area contributed by atoms with Crippen molar-refractivity contribution in [2.45, 2.75) is 52.9 Å². The van der Waals surface area contributed by atoms with E-state index in [1.165, 1.54) is 43.5 Å². The molecule has 0 saturated heterocycles. The summed E-state index contributed by atoms with van der Waals surface area (Å²) in [5, 5.41) is 8.86. The van der Waals surface area contributed by atoms with E-state index < -0.39 is 35.2 Å². The van der Waals surface area contributed by atoms with Crippen LogP contribution in [0, 0.1) is 25.5 Å². The van der Waals surface area contributed by atoms with E-state index in [9.17, 15) is 14.0 Å². The van der Waals surface area contributed by atoms with Gasteiger partial charge < -0.3 is 9.64 Å². The van der Waals surface area contributed by atoms with E-state index in [0.717, 1.165) is 4.57 Å². The zero-order valence-electron chi connectivity index (χ0n) is 24.5. The Labute approximate surface area is 244 Å². The number of alkyl halides is 1. The molecule has 1 atom stereocenters. The lowest BCUT2D eigenvalue weighted by Gasteiger charge is -2.31. The van der Waals surface area contributed by atoms with Gasteiger partial charge in [-0.15, -0.1) is 0 Å². The van der Waals surface area contributed by atoms with Crippen molar-refractivity contribution in [3.05, 3.63) is 87.4 Å². The lowest BCUT2D eigenvalue weighted by atomic mass is 10.1. The summed E-state index contributed by atoms with van der Waals surface area (Å²) in [7, 11) is 1.69. The number of hydrogen-bond acceptors (Lipinski definition) is 5. The first-order chi connectivity index (χ1) is 20.2. The summed E-state index contributed by atoms with van der Waals surface area (Å²) >= 11 is 0. The molecule has 1 aliphatic heterocycles. The Morgan fingerprint density at radius 3 is 2.40 bits per heavy atom. The highest BCUT2D eigenvalue weighted by molar-refractivity contribution is 5.81. The number of aromatic nitrogens is 6. The average Bonchev–Trinajstić information content (AvgIpc) is 3.61. The molecule has 224 valence electrons. The fraction of sp³-hybridized carbons (Fsp3) is 0.333. The van der Waals surface area contributed by atoms with Gasteiger partial charge in [0.15, 0.2) is 12.0 Å². The highest BCUT2D eigenvalue weighted by Crippen LogP contribution is 2.35. The number of amides is 1. The van der Waals surface area contributed by atoms with Crippen LogP contribution in [0.15, 0.2) is 47.7 Å². The number of nitrogens with zero attached hydrogens (tertiary/aromatic N) is 7. The molecular weight excluding hydrogens is 563 g/mol. The van der Waals surface area contributed by atoms with Gasteiger partial charge in [-0.25, -0.2) is 27.4 Å². The Kier molecular flexibility index (Phi) is 6.51. The highest BCUT2D eigenvalue weighted by Gasteiger charge is 2.37. The number of hydrogen-bond donors (Lipinski definition) is 0. The lowest BCUT2D eigenvalue weighted by Crippen LogP contribution is -2.41. The van der Waals surface area contributed by atoms with E-state index in [2.05, 4.69) is 10.2 Å². The van der Waals surface area contributed by atoms with Crippen LogP contribution >= 0.6 is 0 Å². The van der Waals surface area contributed by atoms with Crippen molar-refractivity contribution >= 4 is 17.0 Å². The maximum atomic E-state index is 15.7. The Hall–Kier alpha value is -4.81. The fourth-order valence-electron chi connectivity index (χ4n) is 5.43. The van der Waals surface area contributed by atoms with Gasteiger partial charge in [0.25, 0.3) is 0 Å². The predicted molar refractivity (Wildman–Crippen MR) is 153 cm³/mol. The number of carbonyl (C=O) groups is 1. The van der Waals surface area contributed by atoms with Crippen LogP contribution < -0.4 is 5.69 Å². The summed E-state index contributed by atoms with van der Waals surface area (Å²) < 4.78 is 56.6. The molecule has 0 N–H and O–H groups in total. The Morgan fingerprint density at radius 1 is 1.05 bits per heavy atom. The van der Waals surface area contributed by atoms with Crippen LogP contribution in [0.25, 0.3) is 28.1 Å². The molecule has 0 spiro atoms. The monoisotopic (exact) mass is 593 g/mol. The zero-order chi connectivity index (χ0) is 31.0. The van der Waals surface area contributed by atoms with E-state index >= 15 is 8.78 Å². The molecule has 2 aromatic carbocycles. The van der Waals surface area contributed by atoms with Crippen molar-refractivity contribution in [3.63, 3.8) is 0 Å². The number of rotatable bonds is 3. The van der Waals surface area contributed by atoms with Crippen molar-refractivity contribution in [3.8, 4) is 17.2 Å². The lowest BCUT2D eigenvalue weighted by molar-refractivity contribution is 0.0157. The van der Waals surface area contributed by atoms with Gasteiger partial charge in [-0.2, -0.15) is 10.2 Å².